The van der Waals surface area contributed by atoms with Crippen molar-refractivity contribution in [3.63, 3.8) is 0 Å². The van der Waals surface area contributed by atoms with Crippen LogP contribution in [0.25, 0.3) is 0 Å². The van der Waals surface area contributed by atoms with Crippen LogP contribution in [0.15, 0.2) is 18.3 Å². The molecule has 0 aliphatic heterocycles. The van der Waals surface area contributed by atoms with Crippen molar-refractivity contribution in [3.05, 3.63) is 18.3 Å². The van der Waals surface area contributed by atoms with E-state index >= 15 is 0 Å². The highest BCUT2D eigenvalue weighted by Crippen LogP contribution is 2.21. The molecule has 1 aromatic heterocycles. The van der Waals surface area contributed by atoms with Crippen LogP contribution in [0.3, 0.4) is 0 Å². The molecule has 0 amide bonds. The van der Waals surface area contributed by atoms with E-state index in [4.69, 9.17) is 4.74 Å². The summed E-state index contributed by atoms with van der Waals surface area (Å²) >= 11 is 0. The quantitative estimate of drug-likeness (QED) is 0.825. The summed E-state index contributed by atoms with van der Waals surface area (Å²) in [5, 5.41) is 3.51. The summed E-state index contributed by atoms with van der Waals surface area (Å²) in [4.78, 5) is 4.18. The van der Waals surface area contributed by atoms with Gasteiger partial charge in [0.1, 0.15) is 0 Å². The first-order valence-electron chi connectivity index (χ1n) is 5.65. The summed E-state index contributed by atoms with van der Waals surface area (Å²) in [7, 11) is 1.64. The summed E-state index contributed by atoms with van der Waals surface area (Å²) in [6, 6.07) is 4.56. The molecule has 0 spiro atoms. The monoisotopic (exact) mass is 206 g/mol. The fourth-order valence-corrected chi connectivity index (χ4v) is 2.07. The third-order valence-electron chi connectivity index (χ3n) is 2.92. The molecule has 0 bridgehead atoms. The van der Waals surface area contributed by atoms with E-state index in [-0.39, 0.29) is 0 Å². The average Bonchev–Trinajstić information content (AvgIpc) is 2.31. The Morgan fingerprint density at radius 3 is 2.67 bits per heavy atom. The predicted octanol–water partition coefficient (Wildman–Crippen LogP) is 2.83. The van der Waals surface area contributed by atoms with Crippen molar-refractivity contribution in [1.82, 2.24) is 4.98 Å². The molecule has 1 saturated carbocycles. The minimum absolute atomic E-state index is 0.633. The molecule has 0 radical (unpaired) electrons. The molecule has 0 aromatic carbocycles. The molecule has 1 aliphatic rings. The first kappa shape index (κ1) is 10.3. The van der Waals surface area contributed by atoms with Crippen molar-refractivity contribution in [2.75, 3.05) is 12.4 Å². The van der Waals surface area contributed by atoms with Crippen molar-refractivity contribution in [1.29, 1.82) is 0 Å². The van der Waals surface area contributed by atoms with Crippen LogP contribution >= 0.6 is 0 Å². The van der Waals surface area contributed by atoms with E-state index in [9.17, 15) is 0 Å². The van der Waals surface area contributed by atoms with Crippen LogP contribution in [-0.4, -0.2) is 18.1 Å². The second kappa shape index (κ2) is 5.01. The fourth-order valence-electron chi connectivity index (χ4n) is 2.07. The second-order valence-corrected chi connectivity index (χ2v) is 4.07. The number of rotatable bonds is 3. The number of anilines is 1. The molecule has 0 unspecified atom stereocenters. The predicted molar refractivity (Wildman–Crippen MR) is 61.3 cm³/mol. The van der Waals surface area contributed by atoms with Gasteiger partial charge in [0.05, 0.1) is 19.0 Å². The topological polar surface area (TPSA) is 34.1 Å². The molecule has 0 saturated heterocycles. The molecule has 82 valence electrons. The van der Waals surface area contributed by atoms with Gasteiger partial charge in [-0.15, -0.1) is 0 Å². The SMILES string of the molecule is COc1ccc(NC2CCCCC2)cn1. The summed E-state index contributed by atoms with van der Waals surface area (Å²) in [6.45, 7) is 0. The third kappa shape index (κ3) is 2.85. The van der Waals surface area contributed by atoms with Crippen LogP contribution in [0.4, 0.5) is 5.69 Å². The molecule has 1 aromatic rings. The lowest BCUT2D eigenvalue weighted by molar-refractivity contribution is 0.398. The lowest BCUT2D eigenvalue weighted by atomic mass is 9.95. The third-order valence-corrected chi connectivity index (χ3v) is 2.92. The number of ether oxygens (including phenoxy) is 1. The van der Waals surface area contributed by atoms with Gasteiger partial charge in [-0.05, 0) is 18.9 Å². The maximum Gasteiger partial charge on any atom is 0.213 e. The number of methoxy groups -OCH3 is 1. The molecular weight excluding hydrogens is 188 g/mol. The van der Waals surface area contributed by atoms with Crippen LogP contribution < -0.4 is 10.1 Å². The van der Waals surface area contributed by atoms with Crippen molar-refractivity contribution in [3.8, 4) is 5.88 Å². The maximum absolute atomic E-state index is 5.02. The van der Waals surface area contributed by atoms with Crippen molar-refractivity contribution < 1.29 is 4.74 Å². The van der Waals surface area contributed by atoms with Gasteiger partial charge in [-0.3, -0.25) is 0 Å². The van der Waals surface area contributed by atoms with E-state index in [0.29, 0.717) is 11.9 Å². The van der Waals surface area contributed by atoms with E-state index < -0.39 is 0 Å². The molecule has 3 heteroatoms. The average molecular weight is 206 g/mol. The first-order valence-corrected chi connectivity index (χ1v) is 5.65. The normalized spacial score (nSPS) is 17.4. The van der Waals surface area contributed by atoms with Gasteiger partial charge in [0, 0.05) is 12.1 Å². The highest BCUT2D eigenvalue weighted by atomic mass is 16.5. The molecule has 2 rings (SSSR count). The smallest absolute Gasteiger partial charge is 0.213 e. The first-order chi connectivity index (χ1) is 7.38. The number of pyridine rings is 1. The number of hydrogen-bond acceptors (Lipinski definition) is 3. The zero-order chi connectivity index (χ0) is 10.5. The molecule has 3 nitrogen and oxygen atoms in total. The maximum atomic E-state index is 5.02. The number of aromatic nitrogens is 1. The Morgan fingerprint density at radius 2 is 2.07 bits per heavy atom. The second-order valence-electron chi connectivity index (χ2n) is 4.07. The highest BCUT2D eigenvalue weighted by molar-refractivity contribution is 5.42. The van der Waals surface area contributed by atoms with Gasteiger partial charge < -0.3 is 10.1 Å². The number of nitrogens with one attached hydrogen (secondary N) is 1. The number of hydrogen-bond donors (Lipinski definition) is 1. The van der Waals surface area contributed by atoms with Gasteiger partial charge in [0.15, 0.2) is 0 Å². The highest BCUT2D eigenvalue weighted by Gasteiger charge is 2.12. The lowest BCUT2D eigenvalue weighted by Crippen LogP contribution is -2.22. The summed E-state index contributed by atoms with van der Waals surface area (Å²) in [6.07, 6.45) is 8.49. The van der Waals surface area contributed by atoms with Crippen LogP contribution in [0.2, 0.25) is 0 Å². The molecule has 1 N–H and O–H groups in total. The summed E-state index contributed by atoms with van der Waals surface area (Å²) < 4.78 is 5.02. The Kier molecular flexibility index (Phi) is 3.43. The fraction of sp³-hybridized carbons (Fsp3) is 0.583. The molecule has 1 fully saturated rings. The van der Waals surface area contributed by atoms with Crippen molar-refractivity contribution >= 4 is 5.69 Å². The van der Waals surface area contributed by atoms with Gasteiger partial charge in [-0.25, -0.2) is 4.98 Å². The largest absolute Gasteiger partial charge is 0.481 e. The zero-order valence-corrected chi connectivity index (χ0v) is 9.20. The van der Waals surface area contributed by atoms with Gasteiger partial charge in [-0.2, -0.15) is 0 Å². The zero-order valence-electron chi connectivity index (χ0n) is 9.20. The van der Waals surface area contributed by atoms with E-state index in [2.05, 4.69) is 10.3 Å². The lowest BCUT2D eigenvalue weighted by Gasteiger charge is -2.23. The Balaban J connectivity index is 1.91. The van der Waals surface area contributed by atoms with Gasteiger partial charge in [0.2, 0.25) is 5.88 Å². The van der Waals surface area contributed by atoms with E-state index in [1.807, 2.05) is 18.3 Å². The van der Waals surface area contributed by atoms with Crippen molar-refractivity contribution in [2.24, 2.45) is 0 Å². The molecule has 15 heavy (non-hydrogen) atoms. The van der Waals surface area contributed by atoms with Gasteiger partial charge >= 0.3 is 0 Å². The van der Waals surface area contributed by atoms with Crippen LogP contribution in [-0.2, 0) is 0 Å². The summed E-state index contributed by atoms with van der Waals surface area (Å²) in [5.74, 6) is 0.671. The minimum Gasteiger partial charge on any atom is -0.481 e. The van der Waals surface area contributed by atoms with Crippen LogP contribution in [0.5, 0.6) is 5.88 Å². The van der Waals surface area contributed by atoms with E-state index in [1.54, 1.807) is 7.11 Å². The Morgan fingerprint density at radius 1 is 1.27 bits per heavy atom. The molecular formula is C12H18N2O. The Labute approximate surface area is 90.9 Å². The standard InChI is InChI=1S/C12H18N2O/c1-15-12-8-7-11(9-13-12)14-10-5-3-2-4-6-10/h7-10,14H,2-6H2,1H3. The molecule has 1 aliphatic carbocycles. The van der Waals surface area contributed by atoms with E-state index in [1.165, 1.54) is 32.1 Å². The van der Waals surface area contributed by atoms with Gasteiger partial charge in [-0.1, -0.05) is 19.3 Å². The van der Waals surface area contributed by atoms with Gasteiger partial charge in [0.25, 0.3) is 0 Å². The van der Waals surface area contributed by atoms with Crippen LogP contribution in [0, 0.1) is 0 Å². The van der Waals surface area contributed by atoms with Crippen molar-refractivity contribution in [2.45, 2.75) is 38.1 Å². The minimum atomic E-state index is 0.633. The molecule has 0 atom stereocenters. The molecule has 1 heterocycles. The summed E-state index contributed by atoms with van der Waals surface area (Å²) in [5.41, 5.74) is 1.10. The Hall–Kier alpha value is -1.25. The van der Waals surface area contributed by atoms with E-state index in [0.717, 1.165) is 5.69 Å². The Bertz CT molecular complexity index is 291. The van der Waals surface area contributed by atoms with Crippen LogP contribution in [0.1, 0.15) is 32.1 Å². The number of nitrogens with zero attached hydrogens (tertiary/aromatic N) is 1.